The van der Waals surface area contributed by atoms with E-state index >= 15 is 0 Å². The number of thioether (sulfide) groups is 1. The summed E-state index contributed by atoms with van der Waals surface area (Å²) in [5, 5.41) is 12.3. The van der Waals surface area contributed by atoms with Crippen LogP contribution in [0.25, 0.3) is 0 Å². The fourth-order valence-electron chi connectivity index (χ4n) is 0.587. The minimum Gasteiger partial charge on any atom is -0.392 e. The van der Waals surface area contributed by atoms with Crippen molar-refractivity contribution in [3.63, 3.8) is 0 Å². The lowest BCUT2D eigenvalue weighted by molar-refractivity contribution is 0.168. The van der Waals surface area contributed by atoms with E-state index in [1.807, 2.05) is 18.7 Å². The molecule has 0 aromatic heterocycles. The van der Waals surface area contributed by atoms with E-state index in [9.17, 15) is 0 Å². The number of aliphatic hydroxyl groups is 1. The molecule has 10 heavy (non-hydrogen) atoms. The van der Waals surface area contributed by atoms with Crippen molar-refractivity contribution in [3.8, 4) is 0 Å². The first-order valence-electron chi connectivity index (χ1n) is 3.69. The summed E-state index contributed by atoms with van der Waals surface area (Å²) in [6.45, 7) is 3.72. The van der Waals surface area contributed by atoms with Gasteiger partial charge in [-0.05, 0) is 12.7 Å². The molecule has 0 aromatic carbocycles. The molecule has 0 unspecified atom stereocenters. The van der Waals surface area contributed by atoms with Gasteiger partial charge in [0.1, 0.15) is 0 Å². The van der Waals surface area contributed by atoms with Gasteiger partial charge in [0.05, 0.1) is 6.10 Å². The van der Waals surface area contributed by atoms with Crippen LogP contribution in [0, 0.1) is 0 Å². The molecule has 0 fully saturated rings. The Morgan fingerprint density at radius 2 is 2.30 bits per heavy atom. The van der Waals surface area contributed by atoms with E-state index < -0.39 is 0 Å². The lowest BCUT2D eigenvalue weighted by Gasteiger charge is -2.07. The van der Waals surface area contributed by atoms with Gasteiger partial charge in [-0.15, -0.1) is 0 Å². The Hall–Kier alpha value is 0.270. The molecule has 1 atom stereocenters. The third kappa shape index (κ3) is 6.39. The molecule has 2 nitrogen and oxygen atoms in total. The Bertz CT molecular complexity index is 70.6. The molecule has 0 rings (SSSR count). The van der Waals surface area contributed by atoms with Gasteiger partial charge in [0.15, 0.2) is 0 Å². The van der Waals surface area contributed by atoms with Crippen molar-refractivity contribution >= 4 is 11.8 Å². The summed E-state index contributed by atoms with van der Waals surface area (Å²) in [6, 6.07) is 0. The highest BCUT2D eigenvalue weighted by Gasteiger charge is 1.97. The fourth-order valence-corrected chi connectivity index (χ4v) is 0.936. The van der Waals surface area contributed by atoms with E-state index in [1.165, 1.54) is 0 Å². The maximum atomic E-state index is 9.09. The van der Waals surface area contributed by atoms with Crippen LogP contribution < -0.4 is 5.32 Å². The van der Waals surface area contributed by atoms with Crippen molar-refractivity contribution in [1.82, 2.24) is 5.32 Å². The number of nitrogens with one attached hydrogen (secondary N) is 1. The van der Waals surface area contributed by atoms with E-state index in [4.69, 9.17) is 5.11 Å². The zero-order valence-corrected chi connectivity index (χ0v) is 7.58. The first-order valence-corrected chi connectivity index (χ1v) is 5.08. The normalized spacial score (nSPS) is 13.5. The van der Waals surface area contributed by atoms with Crippen LogP contribution in [0.3, 0.4) is 0 Å². The largest absolute Gasteiger partial charge is 0.392 e. The molecule has 62 valence electrons. The van der Waals surface area contributed by atoms with Crippen LogP contribution in [0.5, 0.6) is 0 Å². The van der Waals surface area contributed by atoms with Crippen LogP contribution in [0.4, 0.5) is 0 Å². The minimum absolute atomic E-state index is 0.165. The van der Waals surface area contributed by atoms with Gasteiger partial charge in [0.2, 0.25) is 0 Å². The van der Waals surface area contributed by atoms with Crippen molar-refractivity contribution < 1.29 is 5.11 Å². The van der Waals surface area contributed by atoms with Crippen molar-refractivity contribution in [1.29, 1.82) is 0 Å². The molecule has 3 heteroatoms. The van der Waals surface area contributed by atoms with Crippen LogP contribution in [0.2, 0.25) is 0 Å². The molecule has 0 saturated heterocycles. The molecule has 0 heterocycles. The molecule has 2 N–H and O–H groups in total. The van der Waals surface area contributed by atoms with E-state index in [0.717, 1.165) is 25.3 Å². The molecular weight excluding hydrogens is 146 g/mol. The summed E-state index contributed by atoms with van der Waals surface area (Å²) in [4.78, 5) is 0. The smallest absolute Gasteiger partial charge is 0.0662 e. The Labute approximate surface area is 67.4 Å². The topological polar surface area (TPSA) is 32.3 Å². The Balaban J connectivity index is 2.89. The number of hydrogen-bond acceptors (Lipinski definition) is 3. The predicted molar refractivity (Wildman–Crippen MR) is 47.5 cm³/mol. The zero-order valence-electron chi connectivity index (χ0n) is 6.76. The Morgan fingerprint density at radius 1 is 1.60 bits per heavy atom. The van der Waals surface area contributed by atoms with Crippen LogP contribution in [-0.2, 0) is 0 Å². The maximum absolute atomic E-state index is 9.09. The second-order valence-corrected chi connectivity index (χ2v) is 3.24. The molecule has 0 aromatic rings. The third-order valence-corrected chi connectivity index (χ3v) is 1.95. The van der Waals surface area contributed by atoms with Gasteiger partial charge < -0.3 is 10.4 Å². The first kappa shape index (κ1) is 10.3. The molecule has 0 aliphatic rings. The lowest BCUT2D eigenvalue weighted by atomic mass is 10.3. The van der Waals surface area contributed by atoms with E-state index in [2.05, 4.69) is 11.6 Å². The second kappa shape index (κ2) is 7.38. The lowest BCUT2D eigenvalue weighted by Crippen LogP contribution is -2.27. The quantitative estimate of drug-likeness (QED) is 0.566. The van der Waals surface area contributed by atoms with Gasteiger partial charge in [-0.2, -0.15) is 11.8 Å². The number of rotatable bonds is 6. The molecule has 0 bridgehead atoms. The van der Waals surface area contributed by atoms with Crippen molar-refractivity contribution in [2.75, 3.05) is 25.1 Å². The van der Waals surface area contributed by atoms with E-state index in [0.29, 0.717) is 0 Å². The van der Waals surface area contributed by atoms with E-state index in [1.54, 1.807) is 0 Å². The van der Waals surface area contributed by atoms with Crippen molar-refractivity contribution in [2.45, 2.75) is 19.4 Å². The molecule has 0 aliphatic carbocycles. The van der Waals surface area contributed by atoms with Gasteiger partial charge >= 0.3 is 0 Å². The molecule has 0 aliphatic heterocycles. The summed E-state index contributed by atoms with van der Waals surface area (Å²) in [5.74, 6) is 1.12. The summed E-state index contributed by atoms with van der Waals surface area (Å²) in [6.07, 6.45) is 2.76. The highest BCUT2D eigenvalue weighted by atomic mass is 32.2. The van der Waals surface area contributed by atoms with Crippen LogP contribution in [-0.4, -0.2) is 36.3 Å². The van der Waals surface area contributed by atoms with Crippen molar-refractivity contribution in [2.24, 2.45) is 0 Å². The molecule has 0 saturated carbocycles. The highest BCUT2D eigenvalue weighted by Crippen LogP contribution is 1.89. The summed E-state index contributed by atoms with van der Waals surface area (Å²) in [7, 11) is 0. The standard InChI is InChI=1S/C7H17NOS/c1-3-7(9)6-8-4-5-10-2/h7-9H,3-6H2,1-2H3/t7-/m1/s1. The van der Waals surface area contributed by atoms with Crippen LogP contribution in [0.15, 0.2) is 0 Å². The predicted octanol–water partition coefficient (Wildman–Crippen LogP) is 0.710. The van der Waals surface area contributed by atoms with Crippen LogP contribution in [0.1, 0.15) is 13.3 Å². The third-order valence-electron chi connectivity index (χ3n) is 1.33. The monoisotopic (exact) mass is 163 g/mol. The van der Waals surface area contributed by atoms with Gasteiger partial charge in [0.25, 0.3) is 0 Å². The second-order valence-electron chi connectivity index (χ2n) is 2.26. The first-order chi connectivity index (χ1) is 4.81. The van der Waals surface area contributed by atoms with Crippen molar-refractivity contribution in [3.05, 3.63) is 0 Å². The zero-order chi connectivity index (χ0) is 7.82. The van der Waals surface area contributed by atoms with Gasteiger partial charge in [-0.1, -0.05) is 6.92 Å². The summed E-state index contributed by atoms with van der Waals surface area (Å²) < 4.78 is 0. The van der Waals surface area contributed by atoms with Gasteiger partial charge in [-0.3, -0.25) is 0 Å². The van der Waals surface area contributed by atoms with Gasteiger partial charge in [0, 0.05) is 18.8 Å². The average Bonchev–Trinajstić information content (AvgIpc) is 1.98. The summed E-state index contributed by atoms with van der Waals surface area (Å²) in [5.41, 5.74) is 0. The average molecular weight is 163 g/mol. The molecule has 0 spiro atoms. The fraction of sp³-hybridized carbons (Fsp3) is 1.00. The molecular formula is C7H17NOS. The highest BCUT2D eigenvalue weighted by molar-refractivity contribution is 7.98. The molecule has 0 amide bonds. The maximum Gasteiger partial charge on any atom is 0.0662 e. The number of hydrogen-bond donors (Lipinski definition) is 2. The summed E-state index contributed by atoms with van der Waals surface area (Å²) >= 11 is 1.82. The Morgan fingerprint density at radius 3 is 2.80 bits per heavy atom. The minimum atomic E-state index is -0.165. The van der Waals surface area contributed by atoms with Gasteiger partial charge in [-0.25, -0.2) is 0 Å². The van der Waals surface area contributed by atoms with Crippen LogP contribution >= 0.6 is 11.8 Å². The number of aliphatic hydroxyl groups excluding tert-OH is 1. The SMILES string of the molecule is CC[C@@H](O)CNCCSC. The molecule has 0 radical (unpaired) electrons. The Kier molecular flexibility index (Phi) is 7.58. The van der Waals surface area contributed by atoms with E-state index in [-0.39, 0.29) is 6.10 Å².